The summed E-state index contributed by atoms with van der Waals surface area (Å²) in [5.74, 6) is 0.477. The molecule has 2 atom stereocenters. The molecular weight excluding hydrogens is 264 g/mol. The zero-order valence-corrected chi connectivity index (χ0v) is 10.2. The molecule has 1 fully saturated rings. The van der Waals surface area contributed by atoms with E-state index in [1.807, 2.05) is 0 Å². The molecule has 0 unspecified atom stereocenters. The zero-order chi connectivity index (χ0) is 12.9. The molecule has 0 radical (unpaired) electrons. The van der Waals surface area contributed by atoms with E-state index in [-0.39, 0.29) is 24.2 Å². The third-order valence-corrected chi connectivity index (χ3v) is 3.76. The Bertz CT molecular complexity index is 485. The van der Waals surface area contributed by atoms with Crippen LogP contribution in [0.2, 0.25) is 5.15 Å². The van der Waals surface area contributed by atoms with Gasteiger partial charge < -0.3 is 16.0 Å². The SMILES string of the molecule is N[C@H]1CN2c3cc(Cl)nnc3NC[C@@]2(C(F)F)C1. The molecule has 3 N–H and O–H groups in total. The average molecular weight is 276 g/mol. The number of hydrogen-bond acceptors (Lipinski definition) is 5. The van der Waals surface area contributed by atoms with Crippen molar-refractivity contribution in [3.05, 3.63) is 11.2 Å². The first-order chi connectivity index (χ1) is 8.53. The summed E-state index contributed by atoms with van der Waals surface area (Å²) in [5.41, 5.74) is 5.13. The van der Waals surface area contributed by atoms with Crippen LogP contribution < -0.4 is 16.0 Å². The number of hydrogen-bond donors (Lipinski definition) is 2. The van der Waals surface area contributed by atoms with Crippen LogP contribution in [-0.2, 0) is 0 Å². The number of anilines is 2. The maximum Gasteiger partial charge on any atom is 0.263 e. The number of nitrogens with two attached hydrogens (primary N) is 1. The van der Waals surface area contributed by atoms with Gasteiger partial charge >= 0.3 is 0 Å². The second kappa shape index (κ2) is 3.89. The van der Waals surface area contributed by atoms with E-state index in [9.17, 15) is 8.78 Å². The third-order valence-electron chi connectivity index (χ3n) is 3.57. The van der Waals surface area contributed by atoms with Crippen molar-refractivity contribution in [1.82, 2.24) is 10.2 Å². The van der Waals surface area contributed by atoms with E-state index in [1.165, 1.54) is 0 Å². The Morgan fingerprint density at radius 3 is 3.06 bits per heavy atom. The minimum absolute atomic E-state index is 0.113. The van der Waals surface area contributed by atoms with Crippen LogP contribution in [0.5, 0.6) is 0 Å². The van der Waals surface area contributed by atoms with Gasteiger partial charge in [0.25, 0.3) is 6.43 Å². The highest BCUT2D eigenvalue weighted by Crippen LogP contribution is 2.44. The molecule has 0 aliphatic carbocycles. The number of alkyl halides is 2. The van der Waals surface area contributed by atoms with Gasteiger partial charge in [0.05, 0.1) is 5.69 Å². The molecule has 3 heterocycles. The second-order valence-corrected chi connectivity index (χ2v) is 5.12. The predicted octanol–water partition coefficient (Wildman–Crippen LogP) is 1.10. The van der Waals surface area contributed by atoms with Crippen LogP contribution in [0.4, 0.5) is 20.3 Å². The first-order valence-corrected chi connectivity index (χ1v) is 5.99. The Labute approximate surface area is 107 Å². The van der Waals surface area contributed by atoms with Gasteiger partial charge in [0.15, 0.2) is 11.0 Å². The van der Waals surface area contributed by atoms with E-state index < -0.39 is 12.0 Å². The number of fused-ring (bicyclic) bond motifs is 3. The number of halogens is 3. The number of nitrogens with zero attached hydrogens (tertiary/aromatic N) is 3. The average Bonchev–Trinajstić information content (AvgIpc) is 2.67. The Morgan fingerprint density at radius 1 is 1.56 bits per heavy atom. The molecule has 5 nitrogen and oxygen atoms in total. The third kappa shape index (κ3) is 1.54. The zero-order valence-electron chi connectivity index (χ0n) is 9.41. The first-order valence-electron chi connectivity index (χ1n) is 5.61. The summed E-state index contributed by atoms with van der Waals surface area (Å²) in [7, 11) is 0. The molecule has 0 spiro atoms. The summed E-state index contributed by atoms with van der Waals surface area (Å²) in [4.78, 5) is 1.62. The predicted molar refractivity (Wildman–Crippen MR) is 64.2 cm³/mol. The van der Waals surface area contributed by atoms with Gasteiger partial charge in [-0.25, -0.2) is 8.78 Å². The van der Waals surface area contributed by atoms with Crippen LogP contribution in [0.15, 0.2) is 6.07 Å². The van der Waals surface area contributed by atoms with Gasteiger partial charge in [-0.2, -0.15) is 0 Å². The number of rotatable bonds is 1. The Morgan fingerprint density at radius 2 is 2.33 bits per heavy atom. The summed E-state index contributed by atoms with van der Waals surface area (Å²) in [6.07, 6.45) is -2.24. The molecular formula is C10H12ClF2N5. The molecule has 3 rings (SSSR count). The normalized spacial score (nSPS) is 30.1. The fourth-order valence-corrected chi connectivity index (χ4v) is 2.90. The molecule has 2 aliphatic heterocycles. The van der Waals surface area contributed by atoms with Crippen molar-refractivity contribution in [1.29, 1.82) is 0 Å². The molecule has 0 bridgehead atoms. The van der Waals surface area contributed by atoms with Gasteiger partial charge in [0, 0.05) is 25.2 Å². The lowest BCUT2D eigenvalue weighted by Crippen LogP contribution is -2.57. The second-order valence-electron chi connectivity index (χ2n) is 4.73. The molecule has 1 aromatic rings. The lowest BCUT2D eigenvalue weighted by molar-refractivity contribution is 0.0604. The Hall–Kier alpha value is -1.21. The summed E-state index contributed by atoms with van der Waals surface area (Å²) in [5, 5.41) is 10.7. The fraction of sp³-hybridized carbons (Fsp3) is 0.600. The maximum atomic E-state index is 13.4. The van der Waals surface area contributed by atoms with Gasteiger partial charge in [0.1, 0.15) is 5.54 Å². The quantitative estimate of drug-likeness (QED) is 0.803. The van der Waals surface area contributed by atoms with Crippen LogP contribution in [0, 0.1) is 0 Å². The lowest BCUT2D eigenvalue weighted by atomic mass is 9.93. The highest BCUT2D eigenvalue weighted by Gasteiger charge is 2.54. The summed E-state index contributed by atoms with van der Waals surface area (Å²) < 4.78 is 26.9. The molecule has 1 aromatic heterocycles. The largest absolute Gasteiger partial charge is 0.364 e. The number of nitrogens with one attached hydrogen (secondary N) is 1. The Balaban J connectivity index is 2.10. The topological polar surface area (TPSA) is 67.1 Å². The van der Waals surface area contributed by atoms with Crippen molar-refractivity contribution in [2.75, 3.05) is 23.3 Å². The standard InChI is InChI=1S/C10H12ClF2N5/c11-7-1-6-8(17-16-7)15-4-10(9(12)13)2-5(14)3-18(6)10/h1,5,9H,2-4,14H2,(H,15,17)/t5-,10-/m1/s1. The van der Waals surface area contributed by atoms with Gasteiger partial charge in [-0.05, 0) is 6.42 Å². The smallest absolute Gasteiger partial charge is 0.263 e. The summed E-state index contributed by atoms with van der Waals surface area (Å²) >= 11 is 5.78. The Kier molecular flexibility index (Phi) is 2.56. The minimum Gasteiger partial charge on any atom is -0.364 e. The van der Waals surface area contributed by atoms with E-state index in [4.69, 9.17) is 17.3 Å². The van der Waals surface area contributed by atoms with Crippen LogP contribution >= 0.6 is 11.6 Å². The van der Waals surface area contributed by atoms with Gasteiger partial charge in [0.2, 0.25) is 0 Å². The molecule has 0 aromatic carbocycles. The molecule has 1 saturated heterocycles. The minimum atomic E-state index is -2.49. The van der Waals surface area contributed by atoms with Crippen molar-refractivity contribution in [2.24, 2.45) is 5.73 Å². The van der Waals surface area contributed by atoms with Crippen molar-refractivity contribution in [2.45, 2.75) is 24.4 Å². The van der Waals surface area contributed by atoms with Crippen LogP contribution in [0.3, 0.4) is 0 Å². The van der Waals surface area contributed by atoms with Crippen molar-refractivity contribution < 1.29 is 8.78 Å². The van der Waals surface area contributed by atoms with Gasteiger partial charge in [-0.1, -0.05) is 11.6 Å². The van der Waals surface area contributed by atoms with E-state index in [0.717, 1.165) is 0 Å². The summed E-state index contributed by atoms with van der Waals surface area (Å²) in [6.45, 7) is 0.489. The number of aromatic nitrogens is 2. The van der Waals surface area contributed by atoms with Gasteiger partial charge in [-0.15, -0.1) is 10.2 Å². The van der Waals surface area contributed by atoms with Crippen LogP contribution in [0.1, 0.15) is 6.42 Å². The molecule has 2 aliphatic rings. The molecule has 8 heteroatoms. The molecule has 0 saturated carbocycles. The van der Waals surface area contributed by atoms with E-state index in [0.29, 0.717) is 18.1 Å². The molecule has 0 amide bonds. The van der Waals surface area contributed by atoms with E-state index in [1.54, 1.807) is 11.0 Å². The molecule has 18 heavy (non-hydrogen) atoms. The highest BCUT2D eigenvalue weighted by atomic mass is 35.5. The summed E-state index contributed by atoms with van der Waals surface area (Å²) in [6, 6.07) is 1.27. The van der Waals surface area contributed by atoms with Gasteiger partial charge in [-0.3, -0.25) is 0 Å². The van der Waals surface area contributed by atoms with Crippen LogP contribution in [-0.4, -0.2) is 41.3 Å². The van der Waals surface area contributed by atoms with Crippen LogP contribution in [0.25, 0.3) is 0 Å². The van der Waals surface area contributed by atoms with E-state index in [2.05, 4.69) is 15.5 Å². The van der Waals surface area contributed by atoms with Crippen molar-refractivity contribution >= 4 is 23.1 Å². The fourth-order valence-electron chi connectivity index (χ4n) is 2.76. The highest BCUT2D eigenvalue weighted by molar-refractivity contribution is 6.29. The van der Waals surface area contributed by atoms with E-state index >= 15 is 0 Å². The first kappa shape index (κ1) is 11.9. The van der Waals surface area contributed by atoms with Crippen molar-refractivity contribution in [3.8, 4) is 0 Å². The maximum absolute atomic E-state index is 13.4. The van der Waals surface area contributed by atoms with Crippen molar-refractivity contribution in [3.63, 3.8) is 0 Å². The monoisotopic (exact) mass is 275 g/mol. The molecule has 98 valence electrons. The lowest BCUT2D eigenvalue weighted by Gasteiger charge is -2.43.